The molecule has 19 heavy (non-hydrogen) atoms. The van der Waals surface area contributed by atoms with Gasteiger partial charge in [-0.2, -0.15) is 0 Å². The Kier molecular flexibility index (Phi) is 5.86. The van der Waals surface area contributed by atoms with Crippen LogP contribution in [0.2, 0.25) is 0 Å². The third kappa shape index (κ3) is 4.59. The van der Waals surface area contributed by atoms with Gasteiger partial charge in [0, 0.05) is 16.3 Å². The van der Waals surface area contributed by atoms with Crippen molar-refractivity contribution in [3.05, 3.63) is 21.4 Å². The minimum Gasteiger partial charge on any atom is -0.316 e. The van der Waals surface area contributed by atoms with E-state index in [9.17, 15) is 0 Å². The average Bonchev–Trinajstić information content (AvgIpc) is 2.74. The molecule has 0 spiro atoms. The molecule has 1 aliphatic heterocycles. The fraction of sp³-hybridized carbons (Fsp3) is 0.750. The van der Waals surface area contributed by atoms with E-state index in [1.54, 1.807) is 0 Å². The fourth-order valence-electron chi connectivity index (χ4n) is 2.88. The highest BCUT2D eigenvalue weighted by Gasteiger charge is 2.19. The van der Waals surface area contributed by atoms with Gasteiger partial charge in [-0.3, -0.25) is 0 Å². The summed E-state index contributed by atoms with van der Waals surface area (Å²) in [6.07, 6.45) is 4.07. The maximum Gasteiger partial charge on any atom is 0.0299 e. The molecule has 1 saturated heterocycles. The monoisotopic (exact) mass is 280 g/mol. The van der Waals surface area contributed by atoms with Crippen molar-refractivity contribution in [3.8, 4) is 0 Å². The second-order valence-corrected chi connectivity index (χ2v) is 7.34. The van der Waals surface area contributed by atoms with Crippen LogP contribution in [0.5, 0.6) is 0 Å². The molecule has 2 N–H and O–H groups in total. The second kappa shape index (κ2) is 7.41. The van der Waals surface area contributed by atoms with E-state index in [1.165, 1.54) is 47.7 Å². The molecule has 2 unspecified atom stereocenters. The van der Waals surface area contributed by atoms with Crippen LogP contribution in [0.3, 0.4) is 0 Å². The van der Waals surface area contributed by atoms with Gasteiger partial charge in [0.05, 0.1) is 0 Å². The SMILES string of the molecule is Cc1cc(CNCCC(C)C2CCCNC2)sc1C. The minimum absolute atomic E-state index is 0.840. The van der Waals surface area contributed by atoms with Crippen LogP contribution in [0.1, 0.15) is 41.5 Å². The van der Waals surface area contributed by atoms with E-state index in [0.29, 0.717) is 0 Å². The number of piperidine rings is 1. The highest BCUT2D eigenvalue weighted by atomic mass is 32.1. The van der Waals surface area contributed by atoms with E-state index in [-0.39, 0.29) is 0 Å². The summed E-state index contributed by atoms with van der Waals surface area (Å²) in [5.74, 6) is 1.73. The van der Waals surface area contributed by atoms with E-state index in [0.717, 1.165) is 24.9 Å². The largest absolute Gasteiger partial charge is 0.316 e. The molecule has 0 amide bonds. The summed E-state index contributed by atoms with van der Waals surface area (Å²) in [7, 11) is 0. The second-order valence-electron chi connectivity index (χ2n) is 6.00. The summed E-state index contributed by atoms with van der Waals surface area (Å²) in [4.78, 5) is 2.93. The van der Waals surface area contributed by atoms with E-state index >= 15 is 0 Å². The van der Waals surface area contributed by atoms with E-state index < -0.39 is 0 Å². The Morgan fingerprint density at radius 2 is 2.32 bits per heavy atom. The van der Waals surface area contributed by atoms with Crippen LogP contribution < -0.4 is 10.6 Å². The first-order chi connectivity index (χ1) is 9.16. The summed E-state index contributed by atoms with van der Waals surface area (Å²) >= 11 is 1.93. The van der Waals surface area contributed by atoms with Gasteiger partial charge < -0.3 is 10.6 Å². The lowest BCUT2D eigenvalue weighted by molar-refractivity contribution is 0.266. The van der Waals surface area contributed by atoms with Gasteiger partial charge >= 0.3 is 0 Å². The first kappa shape index (κ1) is 15.0. The molecule has 1 aromatic rings. The molecular weight excluding hydrogens is 252 g/mol. The molecule has 108 valence electrons. The van der Waals surface area contributed by atoms with Gasteiger partial charge in [-0.25, -0.2) is 0 Å². The van der Waals surface area contributed by atoms with Crippen molar-refractivity contribution in [1.82, 2.24) is 10.6 Å². The smallest absolute Gasteiger partial charge is 0.0299 e. The maximum atomic E-state index is 3.60. The first-order valence-corrected chi connectivity index (χ1v) is 8.46. The average molecular weight is 280 g/mol. The number of nitrogens with one attached hydrogen (secondary N) is 2. The molecular formula is C16H28N2S. The molecule has 0 saturated carbocycles. The Hall–Kier alpha value is -0.380. The Morgan fingerprint density at radius 1 is 1.47 bits per heavy atom. The number of hydrogen-bond acceptors (Lipinski definition) is 3. The zero-order valence-electron chi connectivity index (χ0n) is 12.6. The number of rotatable bonds is 6. The minimum atomic E-state index is 0.840. The normalized spacial score (nSPS) is 21.5. The van der Waals surface area contributed by atoms with Gasteiger partial charge in [-0.05, 0) is 76.2 Å². The third-order valence-electron chi connectivity index (χ3n) is 4.43. The van der Waals surface area contributed by atoms with Crippen LogP contribution >= 0.6 is 11.3 Å². The summed E-state index contributed by atoms with van der Waals surface area (Å²) in [5, 5.41) is 7.12. The van der Waals surface area contributed by atoms with Crippen molar-refractivity contribution in [2.24, 2.45) is 11.8 Å². The molecule has 2 heterocycles. The van der Waals surface area contributed by atoms with Crippen molar-refractivity contribution in [3.63, 3.8) is 0 Å². The summed E-state index contributed by atoms with van der Waals surface area (Å²) < 4.78 is 0. The van der Waals surface area contributed by atoms with E-state index in [2.05, 4.69) is 37.5 Å². The Morgan fingerprint density at radius 3 is 2.95 bits per heavy atom. The van der Waals surface area contributed by atoms with Gasteiger partial charge in [-0.1, -0.05) is 6.92 Å². The lowest BCUT2D eigenvalue weighted by Crippen LogP contribution is -2.34. The van der Waals surface area contributed by atoms with Crippen LogP contribution in [0.4, 0.5) is 0 Å². The molecule has 0 radical (unpaired) electrons. The zero-order valence-corrected chi connectivity index (χ0v) is 13.4. The lowest BCUT2D eigenvalue weighted by atomic mass is 9.85. The predicted octanol–water partition coefficient (Wildman–Crippen LogP) is 3.48. The predicted molar refractivity (Wildman–Crippen MR) is 84.9 cm³/mol. The summed E-state index contributed by atoms with van der Waals surface area (Å²) in [5.41, 5.74) is 1.43. The molecule has 0 bridgehead atoms. The molecule has 1 fully saturated rings. The van der Waals surface area contributed by atoms with Crippen LogP contribution in [0, 0.1) is 25.7 Å². The van der Waals surface area contributed by atoms with Gasteiger partial charge in [0.2, 0.25) is 0 Å². The van der Waals surface area contributed by atoms with Crippen molar-refractivity contribution in [2.45, 2.75) is 46.6 Å². The van der Waals surface area contributed by atoms with Crippen molar-refractivity contribution in [2.75, 3.05) is 19.6 Å². The van der Waals surface area contributed by atoms with Crippen LogP contribution in [-0.4, -0.2) is 19.6 Å². The summed E-state index contributed by atoms with van der Waals surface area (Å²) in [6.45, 7) is 11.5. The van der Waals surface area contributed by atoms with Crippen LogP contribution in [0.25, 0.3) is 0 Å². The Labute approximate surface area is 122 Å². The highest BCUT2D eigenvalue weighted by Crippen LogP contribution is 2.22. The maximum absolute atomic E-state index is 3.60. The molecule has 2 nitrogen and oxygen atoms in total. The number of aryl methyl sites for hydroxylation is 2. The first-order valence-electron chi connectivity index (χ1n) is 7.64. The Balaban J connectivity index is 1.63. The fourth-order valence-corrected chi connectivity index (χ4v) is 3.90. The standard InChI is InChI=1S/C16H28N2S/c1-12(15-5-4-7-17-10-15)6-8-18-11-16-9-13(2)14(3)19-16/h9,12,15,17-18H,4-8,10-11H2,1-3H3. The third-order valence-corrected chi connectivity index (χ3v) is 5.58. The van der Waals surface area contributed by atoms with Gasteiger partial charge in [-0.15, -0.1) is 11.3 Å². The molecule has 2 rings (SSSR count). The van der Waals surface area contributed by atoms with E-state index in [1.807, 2.05) is 11.3 Å². The van der Waals surface area contributed by atoms with Crippen molar-refractivity contribution < 1.29 is 0 Å². The molecule has 3 heteroatoms. The number of thiophene rings is 1. The topological polar surface area (TPSA) is 24.1 Å². The zero-order chi connectivity index (χ0) is 13.7. The molecule has 1 aliphatic rings. The van der Waals surface area contributed by atoms with Gasteiger partial charge in [0.1, 0.15) is 0 Å². The van der Waals surface area contributed by atoms with Crippen molar-refractivity contribution in [1.29, 1.82) is 0 Å². The van der Waals surface area contributed by atoms with Crippen LogP contribution in [0.15, 0.2) is 6.07 Å². The van der Waals surface area contributed by atoms with Crippen molar-refractivity contribution >= 4 is 11.3 Å². The Bertz CT molecular complexity index is 361. The number of hydrogen-bond donors (Lipinski definition) is 2. The van der Waals surface area contributed by atoms with E-state index in [4.69, 9.17) is 0 Å². The van der Waals surface area contributed by atoms with Gasteiger partial charge in [0.25, 0.3) is 0 Å². The van der Waals surface area contributed by atoms with Crippen LogP contribution in [-0.2, 0) is 6.54 Å². The molecule has 0 aliphatic carbocycles. The lowest BCUT2D eigenvalue weighted by Gasteiger charge is -2.28. The molecule has 2 atom stereocenters. The molecule has 1 aromatic heterocycles. The molecule has 0 aromatic carbocycles. The highest BCUT2D eigenvalue weighted by molar-refractivity contribution is 7.12. The van der Waals surface area contributed by atoms with Gasteiger partial charge in [0.15, 0.2) is 0 Å². The quantitative estimate of drug-likeness (QED) is 0.780. The summed E-state index contributed by atoms with van der Waals surface area (Å²) in [6, 6.07) is 2.32.